The zero-order chi connectivity index (χ0) is 10.1. The molecule has 0 aliphatic carbocycles. The van der Waals surface area contributed by atoms with E-state index in [-0.39, 0.29) is 0 Å². The first-order chi connectivity index (χ1) is 6.70. The molecule has 1 aromatic carbocycles. The van der Waals surface area contributed by atoms with E-state index < -0.39 is 0 Å². The van der Waals surface area contributed by atoms with Crippen LogP contribution in [0.5, 0.6) is 0 Å². The summed E-state index contributed by atoms with van der Waals surface area (Å²) in [6.07, 6.45) is 0. The van der Waals surface area contributed by atoms with E-state index in [1.54, 1.807) is 6.07 Å². The van der Waals surface area contributed by atoms with E-state index >= 15 is 0 Å². The first-order valence-corrected chi connectivity index (χ1v) is 4.27. The number of nitrogens with zero attached hydrogens (tertiary/aromatic N) is 2. The molecule has 68 valence electrons. The maximum absolute atomic E-state index is 8.72. The van der Waals surface area contributed by atoms with Crippen molar-refractivity contribution in [1.82, 2.24) is 4.98 Å². The van der Waals surface area contributed by atoms with E-state index in [0.717, 1.165) is 16.5 Å². The van der Waals surface area contributed by atoms with Gasteiger partial charge in [0.1, 0.15) is 11.8 Å². The summed E-state index contributed by atoms with van der Waals surface area (Å²) >= 11 is 0. The second-order valence-corrected chi connectivity index (χ2v) is 3.23. The Morgan fingerprint density at radius 3 is 2.86 bits per heavy atom. The number of hydrogen-bond acceptors (Lipinski definition) is 3. The summed E-state index contributed by atoms with van der Waals surface area (Å²) in [4.78, 5) is 4.17. The summed E-state index contributed by atoms with van der Waals surface area (Å²) in [5.74, 6) is 0. The van der Waals surface area contributed by atoms with Crippen molar-refractivity contribution in [3.8, 4) is 6.07 Å². The van der Waals surface area contributed by atoms with Gasteiger partial charge in [-0.25, -0.2) is 4.98 Å². The van der Waals surface area contributed by atoms with E-state index in [0.29, 0.717) is 11.4 Å². The lowest BCUT2D eigenvalue weighted by molar-refractivity contribution is 1.32. The third-order valence-corrected chi connectivity index (χ3v) is 2.11. The van der Waals surface area contributed by atoms with Crippen molar-refractivity contribution in [1.29, 1.82) is 5.26 Å². The quantitative estimate of drug-likeness (QED) is 0.679. The van der Waals surface area contributed by atoms with Gasteiger partial charge in [-0.15, -0.1) is 0 Å². The van der Waals surface area contributed by atoms with E-state index in [9.17, 15) is 0 Å². The van der Waals surface area contributed by atoms with Gasteiger partial charge in [0.2, 0.25) is 0 Å². The zero-order valence-corrected chi connectivity index (χ0v) is 7.78. The number of benzene rings is 1. The number of aromatic nitrogens is 1. The molecule has 0 bridgehead atoms. The molecule has 0 saturated heterocycles. The van der Waals surface area contributed by atoms with Crippen molar-refractivity contribution >= 4 is 16.6 Å². The summed E-state index contributed by atoms with van der Waals surface area (Å²) in [5, 5.41) is 9.62. The molecule has 0 unspecified atom stereocenters. The Hall–Kier alpha value is -2.08. The lowest BCUT2D eigenvalue weighted by Crippen LogP contribution is -1.92. The summed E-state index contributed by atoms with van der Waals surface area (Å²) in [5.41, 5.74) is 8.65. The third-order valence-electron chi connectivity index (χ3n) is 2.11. The molecule has 0 radical (unpaired) electrons. The van der Waals surface area contributed by atoms with Gasteiger partial charge in [-0.2, -0.15) is 5.26 Å². The second kappa shape index (κ2) is 3.00. The summed E-state index contributed by atoms with van der Waals surface area (Å²) < 4.78 is 0. The predicted molar refractivity (Wildman–Crippen MR) is 55.6 cm³/mol. The first-order valence-electron chi connectivity index (χ1n) is 4.27. The van der Waals surface area contributed by atoms with Gasteiger partial charge in [-0.1, -0.05) is 12.1 Å². The van der Waals surface area contributed by atoms with Crippen molar-refractivity contribution in [2.45, 2.75) is 6.92 Å². The molecule has 0 amide bonds. The monoisotopic (exact) mass is 183 g/mol. The van der Waals surface area contributed by atoms with Crippen LogP contribution in [-0.2, 0) is 0 Å². The minimum atomic E-state index is 0.362. The number of nitriles is 1. The van der Waals surface area contributed by atoms with Crippen molar-refractivity contribution in [2.75, 3.05) is 5.73 Å². The molecule has 0 aliphatic heterocycles. The lowest BCUT2D eigenvalue weighted by atomic mass is 10.1. The van der Waals surface area contributed by atoms with Crippen molar-refractivity contribution in [3.63, 3.8) is 0 Å². The number of hydrogen-bond donors (Lipinski definition) is 1. The molecule has 0 atom stereocenters. The standard InChI is InChI=1S/C11H9N3/c1-7-2-3-9-10(13)5-8(6-12)14-11(9)4-7/h2-5H,1H3,(H2,13,14). The van der Waals surface area contributed by atoms with Crippen molar-refractivity contribution in [2.24, 2.45) is 0 Å². The molecule has 3 heteroatoms. The van der Waals surface area contributed by atoms with E-state index in [4.69, 9.17) is 11.0 Å². The normalized spacial score (nSPS) is 10.0. The SMILES string of the molecule is Cc1ccc2c(N)cc(C#N)nc2c1. The van der Waals surface area contributed by atoms with Crippen LogP contribution >= 0.6 is 0 Å². The highest BCUT2D eigenvalue weighted by molar-refractivity contribution is 5.90. The Morgan fingerprint density at radius 2 is 2.14 bits per heavy atom. The molecule has 0 spiro atoms. The van der Waals surface area contributed by atoms with Crippen LogP contribution in [-0.4, -0.2) is 4.98 Å². The summed E-state index contributed by atoms with van der Waals surface area (Å²) in [7, 11) is 0. The number of pyridine rings is 1. The number of aryl methyl sites for hydroxylation is 1. The molecular weight excluding hydrogens is 174 g/mol. The molecule has 14 heavy (non-hydrogen) atoms. The van der Waals surface area contributed by atoms with Gasteiger partial charge in [0.15, 0.2) is 0 Å². The van der Waals surface area contributed by atoms with E-state index in [1.807, 2.05) is 31.2 Å². The zero-order valence-electron chi connectivity index (χ0n) is 7.78. The number of fused-ring (bicyclic) bond motifs is 1. The average molecular weight is 183 g/mol. The Balaban J connectivity index is 2.85. The molecule has 2 rings (SSSR count). The van der Waals surface area contributed by atoms with Crippen LogP contribution in [0.1, 0.15) is 11.3 Å². The number of anilines is 1. The Kier molecular flexibility index (Phi) is 1.83. The van der Waals surface area contributed by atoms with Crippen LogP contribution in [0, 0.1) is 18.3 Å². The minimum Gasteiger partial charge on any atom is -0.398 e. The van der Waals surface area contributed by atoms with Gasteiger partial charge < -0.3 is 5.73 Å². The average Bonchev–Trinajstić information content (AvgIpc) is 2.16. The smallest absolute Gasteiger partial charge is 0.143 e. The van der Waals surface area contributed by atoms with Gasteiger partial charge >= 0.3 is 0 Å². The molecule has 0 saturated carbocycles. The molecule has 3 nitrogen and oxygen atoms in total. The third kappa shape index (κ3) is 1.27. The van der Waals surface area contributed by atoms with Crippen LogP contribution < -0.4 is 5.73 Å². The molecule has 2 N–H and O–H groups in total. The van der Waals surface area contributed by atoms with Crippen molar-refractivity contribution in [3.05, 3.63) is 35.5 Å². The molecule has 0 aliphatic rings. The van der Waals surface area contributed by atoms with Crippen LogP contribution in [0.2, 0.25) is 0 Å². The van der Waals surface area contributed by atoms with Gasteiger partial charge in [0.05, 0.1) is 5.52 Å². The van der Waals surface area contributed by atoms with Gasteiger partial charge in [-0.05, 0) is 24.6 Å². The maximum atomic E-state index is 8.72. The summed E-state index contributed by atoms with van der Waals surface area (Å²) in [6, 6.07) is 9.41. The Bertz CT molecular complexity index is 538. The Labute approximate surface area is 81.8 Å². The number of rotatable bonds is 0. The fourth-order valence-corrected chi connectivity index (χ4v) is 1.42. The first kappa shape index (κ1) is 8.52. The molecule has 2 aromatic rings. The molecule has 1 heterocycles. The fraction of sp³-hybridized carbons (Fsp3) is 0.0909. The topological polar surface area (TPSA) is 62.7 Å². The van der Waals surface area contributed by atoms with Gasteiger partial charge in [0, 0.05) is 11.1 Å². The molecule has 0 fully saturated rings. The van der Waals surface area contributed by atoms with E-state index in [1.165, 1.54) is 0 Å². The summed E-state index contributed by atoms with van der Waals surface area (Å²) in [6.45, 7) is 1.98. The largest absolute Gasteiger partial charge is 0.398 e. The van der Waals surface area contributed by atoms with Crippen LogP contribution in [0.4, 0.5) is 5.69 Å². The molecular formula is C11H9N3. The fourth-order valence-electron chi connectivity index (χ4n) is 1.42. The molecule has 1 aromatic heterocycles. The van der Waals surface area contributed by atoms with Crippen LogP contribution in [0.3, 0.4) is 0 Å². The highest BCUT2D eigenvalue weighted by atomic mass is 14.7. The van der Waals surface area contributed by atoms with Crippen molar-refractivity contribution < 1.29 is 0 Å². The predicted octanol–water partition coefficient (Wildman–Crippen LogP) is 2.00. The lowest BCUT2D eigenvalue weighted by Gasteiger charge is -2.02. The maximum Gasteiger partial charge on any atom is 0.143 e. The van der Waals surface area contributed by atoms with Gasteiger partial charge in [0.25, 0.3) is 0 Å². The van der Waals surface area contributed by atoms with Crippen LogP contribution in [0.15, 0.2) is 24.3 Å². The van der Waals surface area contributed by atoms with Crippen LogP contribution in [0.25, 0.3) is 10.9 Å². The number of nitrogen functional groups attached to an aromatic ring is 1. The number of nitrogens with two attached hydrogens (primary N) is 1. The van der Waals surface area contributed by atoms with Gasteiger partial charge in [-0.3, -0.25) is 0 Å². The second-order valence-electron chi connectivity index (χ2n) is 3.23. The minimum absolute atomic E-state index is 0.362. The highest BCUT2D eigenvalue weighted by Crippen LogP contribution is 2.21. The highest BCUT2D eigenvalue weighted by Gasteiger charge is 2.02. The van der Waals surface area contributed by atoms with E-state index in [2.05, 4.69) is 4.98 Å². The Morgan fingerprint density at radius 1 is 1.36 bits per heavy atom.